The standard InChI is InChI=1S/C13H19N3O3/c1-2-19-13(18)9-4-3-5-16(8-9)12(17)11-6-10(14)7-15-11/h6-7,9,15H,2-5,8,14H2,1H3. The molecule has 0 aliphatic carbocycles. The van der Waals surface area contributed by atoms with E-state index >= 15 is 0 Å². The van der Waals surface area contributed by atoms with E-state index in [1.165, 1.54) is 0 Å². The largest absolute Gasteiger partial charge is 0.466 e. The molecule has 0 radical (unpaired) electrons. The number of esters is 1. The van der Waals surface area contributed by atoms with Gasteiger partial charge in [0.15, 0.2) is 0 Å². The fourth-order valence-corrected chi connectivity index (χ4v) is 2.32. The molecule has 19 heavy (non-hydrogen) atoms. The number of aromatic amines is 1. The fourth-order valence-electron chi connectivity index (χ4n) is 2.32. The van der Waals surface area contributed by atoms with E-state index in [4.69, 9.17) is 10.5 Å². The highest BCUT2D eigenvalue weighted by atomic mass is 16.5. The van der Waals surface area contributed by atoms with Crippen molar-refractivity contribution in [2.24, 2.45) is 5.92 Å². The van der Waals surface area contributed by atoms with Crippen molar-refractivity contribution in [2.45, 2.75) is 19.8 Å². The number of nitrogens with one attached hydrogen (secondary N) is 1. The molecular formula is C13H19N3O3. The molecule has 0 bridgehead atoms. The lowest BCUT2D eigenvalue weighted by Crippen LogP contribution is -2.42. The van der Waals surface area contributed by atoms with E-state index in [1.54, 1.807) is 24.1 Å². The molecule has 1 amide bonds. The zero-order chi connectivity index (χ0) is 13.8. The molecule has 1 fully saturated rings. The first-order valence-corrected chi connectivity index (χ1v) is 6.51. The van der Waals surface area contributed by atoms with Crippen LogP contribution in [-0.2, 0) is 9.53 Å². The number of H-pyrrole nitrogens is 1. The van der Waals surface area contributed by atoms with Crippen LogP contribution in [0.15, 0.2) is 12.3 Å². The third kappa shape index (κ3) is 3.07. The number of rotatable bonds is 3. The summed E-state index contributed by atoms with van der Waals surface area (Å²) in [5.74, 6) is -0.554. The monoisotopic (exact) mass is 265 g/mol. The van der Waals surface area contributed by atoms with Gasteiger partial charge in [-0.15, -0.1) is 0 Å². The molecular weight excluding hydrogens is 246 g/mol. The van der Waals surface area contributed by atoms with Gasteiger partial charge in [-0.2, -0.15) is 0 Å². The summed E-state index contributed by atoms with van der Waals surface area (Å²) < 4.78 is 5.01. The van der Waals surface area contributed by atoms with Gasteiger partial charge in [0.1, 0.15) is 5.69 Å². The van der Waals surface area contributed by atoms with Gasteiger partial charge in [0.2, 0.25) is 0 Å². The Kier molecular flexibility index (Phi) is 4.09. The van der Waals surface area contributed by atoms with E-state index in [2.05, 4.69) is 4.98 Å². The van der Waals surface area contributed by atoms with Crippen molar-refractivity contribution < 1.29 is 14.3 Å². The molecule has 2 rings (SSSR count). The smallest absolute Gasteiger partial charge is 0.310 e. The Hall–Kier alpha value is -1.98. The van der Waals surface area contributed by atoms with Gasteiger partial charge in [0.25, 0.3) is 5.91 Å². The van der Waals surface area contributed by atoms with Gasteiger partial charge in [-0.05, 0) is 25.8 Å². The van der Waals surface area contributed by atoms with Crippen LogP contribution in [0.2, 0.25) is 0 Å². The highest BCUT2D eigenvalue weighted by Crippen LogP contribution is 2.20. The lowest BCUT2D eigenvalue weighted by Gasteiger charge is -2.31. The SMILES string of the molecule is CCOC(=O)C1CCCN(C(=O)c2cc(N)c[nH]2)C1. The summed E-state index contributed by atoms with van der Waals surface area (Å²) in [6, 6.07) is 1.61. The first kappa shape index (κ1) is 13.5. The van der Waals surface area contributed by atoms with E-state index in [1.807, 2.05) is 0 Å². The van der Waals surface area contributed by atoms with Crippen molar-refractivity contribution in [3.8, 4) is 0 Å². The second kappa shape index (κ2) is 5.77. The number of hydrogen-bond acceptors (Lipinski definition) is 4. The van der Waals surface area contributed by atoms with Crippen molar-refractivity contribution in [1.82, 2.24) is 9.88 Å². The average Bonchev–Trinajstić information content (AvgIpc) is 2.85. The molecule has 1 aromatic heterocycles. The summed E-state index contributed by atoms with van der Waals surface area (Å²) >= 11 is 0. The summed E-state index contributed by atoms with van der Waals surface area (Å²) in [7, 11) is 0. The molecule has 1 saturated heterocycles. The van der Waals surface area contributed by atoms with Crippen molar-refractivity contribution >= 4 is 17.6 Å². The van der Waals surface area contributed by atoms with Crippen LogP contribution in [0.5, 0.6) is 0 Å². The highest BCUT2D eigenvalue weighted by molar-refractivity contribution is 5.93. The van der Waals surface area contributed by atoms with Gasteiger partial charge in [0.05, 0.1) is 12.5 Å². The van der Waals surface area contributed by atoms with E-state index in [9.17, 15) is 9.59 Å². The van der Waals surface area contributed by atoms with Crippen LogP contribution in [0, 0.1) is 5.92 Å². The zero-order valence-corrected chi connectivity index (χ0v) is 11.0. The third-order valence-electron chi connectivity index (χ3n) is 3.26. The summed E-state index contributed by atoms with van der Waals surface area (Å²) in [5.41, 5.74) is 6.58. The number of carbonyl (C=O) groups excluding carboxylic acids is 2. The highest BCUT2D eigenvalue weighted by Gasteiger charge is 2.30. The van der Waals surface area contributed by atoms with Gasteiger partial charge < -0.3 is 20.4 Å². The number of anilines is 1. The molecule has 2 heterocycles. The molecule has 3 N–H and O–H groups in total. The van der Waals surface area contributed by atoms with Gasteiger partial charge in [-0.25, -0.2) is 0 Å². The Bertz CT molecular complexity index is 469. The number of likely N-dealkylation sites (tertiary alicyclic amines) is 1. The minimum atomic E-state index is -0.218. The topological polar surface area (TPSA) is 88.4 Å². The minimum absolute atomic E-state index is 0.120. The van der Waals surface area contributed by atoms with Crippen LogP contribution in [0.1, 0.15) is 30.3 Å². The van der Waals surface area contributed by atoms with E-state index < -0.39 is 0 Å². The van der Waals surface area contributed by atoms with E-state index in [0.717, 1.165) is 12.8 Å². The number of aromatic nitrogens is 1. The number of nitrogens with two attached hydrogens (primary N) is 1. The Labute approximate surface area is 111 Å². The zero-order valence-electron chi connectivity index (χ0n) is 11.0. The van der Waals surface area contributed by atoms with Crippen molar-refractivity contribution in [2.75, 3.05) is 25.4 Å². The number of amides is 1. The molecule has 0 saturated carbocycles. The first-order valence-electron chi connectivity index (χ1n) is 6.51. The van der Waals surface area contributed by atoms with Crippen LogP contribution in [-0.4, -0.2) is 41.5 Å². The van der Waals surface area contributed by atoms with E-state index in [0.29, 0.717) is 31.1 Å². The molecule has 6 heteroatoms. The molecule has 1 unspecified atom stereocenters. The number of piperidine rings is 1. The number of nitrogens with zero attached hydrogens (tertiary/aromatic N) is 1. The number of hydrogen-bond donors (Lipinski definition) is 2. The Balaban J connectivity index is 2.01. The first-order chi connectivity index (χ1) is 9.11. The van der Waals surface area contributed by atoms with Crippen molar-refractivity contribution in [3.05, 3.63) is 18.0 Å². The van der Waals surface area contributed by atoms with Crippen LogP contribution in [0.4, 0.5) is 5.69 Å². The molecule has 1 aromatic rings. The van der Waals surface area contributed by atoms with Crippen LogP contribution >= 0.6 is 0 Å². The predicted octanol–water partition coefficient (Wildman–Crippen LogP) is 1.01. The number of ether oxygens (including phenoxy) is 1. The quantitative estimate of drug-likeness (QED) is 0.798. The molecule has 1 aliphatic heterocycles. The molecule has 0 aromatic carbocycles. The van der Waals surface area contributed by atoms with Crippen LogP contribution in [0.3, 0.4) is 0 Å². The summed E-state index contributed by atoms with van der Waals surface area (Å²) in [6.45, 7) is 3.23. The maximum atomic E-state index is 12.2. The molecule has 1 aliphatic rings. The third-order valence-corrected chi connectivity index (χ3v) is 3.26. The number of nitrogen functional groups attached to an aromatic ring is 1. The lowest BCUT2D eigenvalue weighted by molar-refractivity contribution is -0.149. The molecule has 1 atom stereocenters. The average molecular weight is 265 g/mol. The predicted molar refractivity (Wildman–Crippen MR) is 70.5 cm³/mol. The van der Waals surface area contributed by atoms with Crippen molar-refractivity contribution in [1.29, 1.82) is 0 Å². The Morgan fingerprint density at radius 3 is 3.00 bits per heavy atom. The van der Waals surface area contributed by atoms with Gasteiger partial charge in [0, 0.05) is 25.0 Å². The van der Waals surface area contributed by atoms with Crippen LogP contribution < -0.4 is 5.73 Å². The van der Waals surface area contributed by atoms with Gasteiger partial charge in [-0.1, -0.05) is 0 Å². The van der Waals surface area contributed by atoms with Gasteiger partial charge >= 0.3 is 5.97 Å². The number of carbonyl (C=O) groups is 2. The Morgan fingerprint density at radius 2 is 2.37 bits per heavy atom. The Morgan fingerprint density at radius 1 is 1.58 bits per heavy atom. The molecule has 0 spiro atoms. The maximum absolute atomic E-state index is 12.2. The fraction of sp³-hybridized carbons (Fsp3) is 0.538. The summed E-state index contributed by atoms with van der Waals surface area (Å²) in [4.78, 5) is 28.5. The van der Waals surface area contributed by atoms with Gasteiger partial charge in [-0.3, -0.25) is 9.59 Å². The normalized spacial score (nSPS) is 19.2. The minimum Gasteiger partial charge on any atom is -0.466 e. The van der Waals surface area contributed by atoms with E-state index in [-0.39, 0.29) is 17.8 Å². The summed E-state index contributed by atoms with van der Waals surface area (Å²) in [5, 5.41) is 0. The second-order valence-electron chi connectivity index (χ2n) is 4.69. The second-order valence-corrected chi connectivity index (χ2v) is 4.69. The lowest BCUT2D eigenvalue weighted by atomic mass is 9.98. The summed E-state index contributed by atoms with van der Waals surface area (Å²) in [6.07, 6.45) is 3.17. The molecule has 104 valence electrons. The molecule has 6 nitrogen and oxygen atoms in total. The van der Waals surface area contributed by atoms with Crippen molar-refractivity contribution in [3.63, 3.8) is 0 Å². The van der Waals surface area contributed by atoms with Crippen LogP contribution in [0.25, 0.3) is 0 Å². The maximum Gasteiger partial charge on any atom is 0.310 e.